The fourth-order valence-electron chi connectivity index (χ4n) is 1.86. The van der Waals surface area contributed by atoms with E-state index in [1.54, 1.807) is 0 Å². The minimum Gasteiger partial charge on any atom is -0.384 e. The molecule has 0 aliphatic carbocycles. The Morgan fingerprint density at radius 3 is 2.59 bits per heavy atom. The summed E-state index contributed by atoms with van der Waals surface area (Å²) in [5.41, 5.74) is 5.79. The summed E-state index contributed by atoms with van der Waals surface area (Å²) in [5.74, 6) is 2.25. The molecular formula is C13H24N4. The van der Waals surface area contributed by atoms with Gasteiger partial charge in [-0.15, -0.1) is 0 Å². The van der Waals surface area contributed by atoms with Gasteiger partial charge in [0.05, 0.1) is 0 Å². The van der Waals surface area contributed by atoms with Crippen LogP contribution in [0.2, 0.25) is 0 Å². The van der Waals surface area contributed by atoms with Crippen LogP contribution in [0.5, 0.6) is 0 Å². The second kappa shape index (κ2) is 7.09. The third kappa shape index (κ3) is 4.59. The van der Waals surface area contributed by atoms with E-state index in [1.807, 2.05) is 6.07 Å². The van der Waals surface area contributed by atoms with Gasteiger partial charge in [0.1, 0.15) is 17.5 Å². The molecule has 0 amide bonds. The highest BCUT2D eigenvalue weighted by molar-refractivity contribution is 5.45. The molecule has 1 atom stereocenters. The first kappa shape index (κ1) is 13.7. The van der Waals surface area contributed by atoms with E-state index in [0.29, 0.717) is 11.9 Å². The molecule has 0 radical (unpaired) electrons. The fourth-order valence-corrected chi connectivity index (χ4v) is 1.86. The summed E-state index contributed by atoms with van der Waals surface area (Å²) in [4.78, 5) is 8.72. The van der Waals surface area contributed by atoms with Gasteiger partial charge < -0.3 is 11.1 Å². The van der Waals surface area contributed by atoms with Crippen molar-refractivity contribution in [1.82, 2.24) is 9.97 Å². The molecule has 0 saturated heterocycles. The number of rotatable bonds is 7. The van der Waals surface area contributed by atoms with Crippen LogP contribution in [0.3, 0.4) is 0 Å². The van der Waals surface area contributed by atoms with E-state index in [4.69, 9.17) is 5.73 Å². The van der Waals surface area contributed by atoms with Crippen molar-refractivity contribution in [1.29, 1.82) is 0 Å². The number of nitrogen functional groups attached to an aromatic ring is 1. The van der Waals surface area contributed by atoms with Crippen LogP contribution in [0, 0.1) is 0 Å². The van der Waals surface area contributed by atoms with Gasteiger partial charge in [0, 0.05) is 18.5 Å². The van der Waals surface area contributed by atoms with Crippen LogP contribution in [0.25, 0.3) is 0 Å². The largest absolute Gasteiger partial charge is 0.384 e. The quantitative estimate of drug-likeness (QED) is 0.764. The van der Waals surface area contributed by atoms with Gasteiger partial charge in [-0.2, -0.15) is 0 Å². The van der Waals surface area contributed by atoms with Gasteiger partial charge >= 0.3 is 0 Å². The third-order valence-corrected chi connectivity index (χ3v) is 2.75. The Bertz CT molecular complexity index is 338. The highest BCUT2D eigenvalue weighted by atomic mass is 15.1. The van der Waals surface area contributed by atoms with Crippen molar-refractivity contribution in [2.24, 2.45) is 0 Å². The number of hydrogen-bond acceptors (Lipinski definition) is 4. The zero-order chi connectivity index (χ0) is 12.7. The lowest BCUT2D eigenvalue weighted by Crippen LogP contribution is -2.19. The van der Waals surface area contributed by atoms with Gasteiger partial charge in [-0.25, -0.2) is 9.97 Å². The number of aryl methyl sites for hydroxylation is 1. The Labute approximate surface area is 104 Å². The Hall–Kier alpha value is -1.32. The molecule has 0 aromatic carbocycles. The summed E-state index contributed by atoms with van der Waals surface area (Å²) in [7, 11) is 0. The Morgan fingerprint density at radius 1 is 1.24 bits per heavy atom. The third-order valence-electron chi connectivity index (χ3n) is 2.75. The fraction of sp³-hybridized carbons (Fsp3) is 0.692. The predicted octanol–water partition coefficient (Wildman–Crippen LogP) is 3.00. The van der Waals surface area contributed by atoms with Crippen molar-refractivity contribution in [3.05, 3.63) is 11.9 Å². The highest BCUT2D eigenvalue weighted by Crippen LogP contribution is 2.14. The van der Waals surface area contributed by atoms with Gasteiger partial charge in [-0.3, -0.25) is 0 Å². The number of nitrogens with two attached hydrogens (primary N) is 1. The number of hydrogen-bond donors (Lipinski definition) is 2. The summed E-state index contributed by atoms with van der Waals surface area (Å²) in [6.45, 7) is 6.50. The maximum Gasteiger partial charge on any atom is 0.133 e. The first-order chi connectivity index (χ1) is 8.19. The number of anilines is 2. The molecule has 0 aliphatic heterocycles. The van der Waals surface area contributed by atoms with Crippen LogP contribution < -0.4 is 11.1 Å². The van der Waals surface area contributed by atoms with E-state index in [-0.39, 0.29) is 0 Å². The van der Waals surface area contributed by atoms with Crippen LogP contribution in [-0.2, 0) is 6.42 Å². The van der Waals surface area contributed by atoms with E-state index >= 15 is 0 Å². The molecule has 4 nitrogen and oxygen atoms in total. The van der Waals surface area contributed by atoms with Crippen LogP contribution in [0.1, 0.15) is 52.3 Å². The van der Waals surface area contributed by atoms with Gasteiger partial charge in [0.2, 0.25) is 0 Å². The molecule has 1 heterocycles. The van der Waals surface area contributed by atoms with Crippen molar-refractivity contribution >= 4 is 11.6 Å². The maximum atomic E-state index is 5.79. The topological polar surface area (TPSA) is 63.8 Å². The SMILES string of the molecule is CCCc1nc(N)cc(NC(CC)CCC)n1. The molecule has 17 heavy (non-hydrogen) atoms. The smallest absolute Gasteiger partial charge is 0.133 e. The molecule has 1 unspecified atom stereocenters. The van der Waals surface area contributed by atoms with Crippen molar-refractivity contribution in [3.63, 3.8) is 0 Å². The van der Waals surface area contributed by atoms with Crippen LogP contribution in [0.4, 0.5) is 11.6 Å². The molecule has 0 aliphatic rings. The van der Waals surface area contributed by atoms with Crippen molar-refractivity contribution < 1.29 is 0 Å². The van der Waals surface area contributed by atoms with Crippen molar-refractivity contribution in [2.75, 3.05) is 11.1 Å². The second-order valence-electron chi connectivity index (χ2n) is 4.38. The lowest BCUT2D eigenvalue weighted by molar-refractivity contribution is 0.619. The summed E-state index contributed by atoms with van der Waals surface area (Å²) in [6, 6.07) is 2.29. The lowest BCUT2D eigenvalue weighted by Gasteiger charge is -2.17. The molecule has 3 N–H and O–H groups in total. The molecule has 1 rings (SSSR count). The number of nitrogens with zero attached hydrogens (tertiary/aromatic N) is 2. The van der Waals surface area contributed by atoms with Crippen LogP contribution >= 0.6 is 0 Å². The molecule has 1 aromatic heterocycles. The van der Waals surface area contributed by atoms with Gasteiger partial charge in [-0.1, -0.05) is 27.2 Å². The van der Waals surface area contributed by atoms with E-state index in [0.717, 1.165) is 37.3 Å². The van der Waals surface area contributed by atoms with Crippen molar-refractivity contribution in [3.8, 4) is 0 Å². The standard InChI is InChI=1S/C13H24N4/c1-4-7-10(6-3)15-13-9-11(14)16-12(17-13)8-5-2/h9-10H,4-8H2,1-3H3,(H3,14,15,16,17). The first-order valence-corrected chi connectivity index (χ1v) is 6.59. The zero-order valence-electron chi connectivity index (χ0n) is 11.2. The molecule has 4 heteroatoms. The average molecular weight is 236 g/mol. The van der Waals surface area contributed by atoms with Gasteiger partial charge in [0.25, 0.3) is 0 Å². The Morgan fingerprint density at radius 2 is 2.00 bits per heavy atom. The highest BCUT2D eigenvalue weighted by Gasteiger charge is 2.07. The average Bonchev–Trinajstić information content (AvgIpc) is 2.28. The van der Waals surface area contributed by atoms with Crippen LogP contribution in [-0.4, -0.2) is 16.0 Å². The normalized spacial score (nSPS) is 12.4. The van der Waals surface area contributed by atoms with Gasteiger partial charge in [0.15, 0.2) is 0 Å². The Kier molecular flexibility index (Phi) is 5.73. The second-order valence-corrected chi connectivity index (χ2v) is 4.38. The number of aromatic nitrogens is 2. The van der Waals surface area contributed by atoms with Gasteiger partial charge in [-0.05, 0) is 19.3 Å². The molecule has 1 aromatic rings. The molecule has 0 fully saturated rings. The minimum absolute atomic E-state index is 0.476. The molecule has 0 saturated carbocycles. The minimum atomic E-state index is 0.476. The predicted molar refractivity (Wildman–Crippen MR) is 73.0 cm³/mol. The van der Waals surface area contributed by atoms with E-state index < -0.39 is 0 Å². The molecule has 0 bridgehead atoms. The monoisotopic (exact) mass is 236 g/mol. The summed E-state index contributed by atoms with van der Waals surface area (Å²) in [6.07, 6.45) is 5.34. The van der Waals surface area contributed by atoms with Crippen molar-refractivity contribution in [2.45, 2.75) is 58.9 Å². The molecule has 0 spiro atoms. The molecule has 96 valence electrons. The lowest BCUT2D eigenvalue weighted by atomic mass is 10.1. The summed E-state index contributed by atoms with van der Waals surface area (Å²) < 4.78 is 0. The van der Waals surface area contributed by atoms with E-state index in [1.165, 1.54) is 6.42 Å². The Balaban J connectivity index is 2.75. The summed E-state index contributed by atoms with van der Waals surface area (Å²) >= 11 is 0. The van der Waals surface area contributed by atoms with Crippen LogP contribution in [0.15, 0.2) is 6.07 Å². The summed E-state index contributed by atoms with van der Waals surface area (Å²) in [5, 5.41) is 3.44. The van der Waals surface area contributed by atoms with E-state index in [2.05, 4.69) is 36.1 Å². The molecular weight excluding hydrogens is 212 g/mol. The first-order valence-electron chi connectivity index (χ1n) is 6.59. The number of nitrogens with one attached hydrogen (secondary N) is 1. The maximum absolute atomic E-state index is 5.79. The zero-order valence-corrected chi connectivity index (χ0v) is 11.2. The van der Waals surface area contributed by atoms with E-state index in [9.17, 15) is 0 Å².